The lowest BCUT2D eigenvalue weighted by Gasteiger charge is -2.11. The predicted octanol–water partition coefficient (Wildman–Crippen LogP) is 4.20. The van der Waals surface area contributed by atoms with Crippen LogP contribution >= 0.6 is 0 Å². The number of pyridine rings is 1. The van der Waals surface area contributed by atoms with Crippen molar-refractivity contribution in [3.63, 3.8) is 0 Å². The highest BCUT2D eigenvalue weighted by atomic mass is 16.1. The van der Waals surface area contributed by atoms with Crippen molar-refractivity contribution in [2.75, 3.05) is 19.0 Å². The van der Waals surface area contributed by atoms with E-state index in [1.165, 1.54) is 0 Å². The summed E-state index contributed by atoms with van der Waals surface area (Å²) in [6.07, 6.45) is 7.07. The van der Waals surface area contributed by atoms with Crippen molar-refractivity contribution in [1.82, 2.24) is 4.98 Å². The number of rotatable bonds is 4. The van der Waals surface area contributed by atoms with Crippen LogP contribution in [0.5, 0.6) is 0 Å². The molecular formula is C20H18N2O. The number of anilines is 1. The zero-order chi connectivity index (χ0) is 16.2. The molecule has 1 aromatic heterocycles. The second-order valence-corrected chi connectivity index (χ2v) is 5.62. The van der Waals surface area contributed by atoms with E-state index in [2.05, 4.69) is 11.1 Å². The Morgan fingerprint density at radius 3 is 2.52 bits per heavy atom. The van der Waals surface area contributed by atoms with E-state index in [0.29, 0.717) is 5.56 Å². The fraction of sp³-hybridized carbons (Fsp3) is 0.100. The molecule has 0 spiro atoms. The third-order valence-electron chi connectivity index (χ3n) is 3.76. The van der Waals surface area contributed by atoms with E-state index >= 15 is 0 Å². The van der Waals surface area contributed by atoms with E-state index in [1.807, 2.05) is 73.7 Å². The number of hydrogen-bond donors (Lipinski definition) is 0. The summed E-state index contributed by atoms with van der Waals surface area (Å²) in [5.41, 5.74) is 2.77. The number of carbonyl (C=O) groups is 1. The Balaban J connectivity index is 1.78. The van der Waals surface area contributed by atoms with E-state index in [1.54, 1.807) is 12.3 Å². The third-order valence-corrected chi connectivity index (χ3v) is 3.76. The molecule has 3 rings (SSSR count). The van der Waals surface area contributed by atoms with Crippen molar-refractivity contribution in [2.24, 2.45) is 0 Å². The smallest absolute Gasteiger partial charge is 0.185 e. The summed E-state index contributed by atoms with van der Waals surface area (Å²) < 4.78 is 0. The molecule has 1 heterocycles. The maximum absolute atomic E-state index is 12.3. The summed E-state index contributed by atoms with van der Waals surface area (Å²) in [5, 5.41) is 2.21. The molecule has 0 aliphatic heterocycles. The van der Waals surface area contributed by atoms with Gasteiger partial charge in [0.1, 0.15) is 0 Å². The van der Waals surface area contributed by atoms with Crippen LogP contribution in [-0.2, 0) is 0 Å². The summed E-state index contributed by atoms with van der Waals surface area (Å²) in [5.74, 6) is 0.00475. The average Bonchev–Trinajstić information content (AvgIpc) is 2.59. The fourth-order valence-electron chi connectivity index (χ4n) is 2.40. The van der Waals surface area contributed by atoms with E-state index in [0.717, 1.165) is 22.0 Å². The van der Waals surface area contributed by atoms with E-state index < -0.39 is 0 Å². The lowest BCUT2D eigenvalue weighted by Crippen LogP contribution is -2.08. The Labute approximate surface area is 135 Å². The van der Waals surface area contributed by atoms with E-state index in [-0.39, 0.29) is 5.78 Å². The molecule has 0 radical (unpaired) electrons. The Morgan fingerprint density at radius 1 is 1.00 bits per heavy atom. The first-order valence-electron chi connectivity index (χ1n) is 7.47. The van der Waals surface area contributed by atoms with Gasteiger partial charge in [0.15, 0.2) is 5.78 Å². The Morgan fingerprint density at radius 2 is 1.78 bits per heavy atom. The monoisotopic (exact) mass is 302 g/mol. The van der Waals surface area contributed by atoms with Gasteiger partial charge in [0.2, 0.25) is 0 Å². The van der Waals surface area contributed by atoms with Crippen LogP contribution in [-0.4, -0.2) is 24.9 Å². The van der Waals surface area contributed by atoms with Crippen molar-refractivity contribution < 1.29 is 4.79 Å². The number of benzene rings is 2. The lowest BCUT2D eigenvalue weighted by atomic mass is 10.1. The molecule has 0 saturated heterocycles. The molecule has 114 valence electrons. The first kappa shape index (κ1) is 15.0. The number of nitrogens with zero attached hydrogens (tertiary/aromatic N) is 2. The standard InChI is InChI=1S/C20H18N2O/c1-22(2)19-8-6-16(7-9-19)20(23)10-4-15-3-5-18-14-21-12-11-17(18)13-15/h3-14H,1-2H3/b10-4+. The SMILES string of the molecule is CN(C)c1ccc(C(=O)/C=C/c2ccc3cnccc3c2)cc1. The summed E-state index contributed by atoms with van der Waals surface area (Å²) in [6, 6.07) is 15.6. The average molecular weight is 302 g/mol. The van der Waals surface area contributed by atoms with Crippen LogP contribution in [0.4, 0.5) is 5.69 Å². The quantitative estimate of drug-likeness (QED) is 0.535. The Kier molecular flexibility index (Phi) is 4.20. The molecule has 0 unspecified atom stereocenters. The molecule has 3 heteroatoms. The maximum Gasteiger partial charge on any atom is 0.185 e. The van der Waals surface area contributed by atoms with Crippen LogP contribution in [0.15, 0.2) is 67.0 Å². The molecule has 3 nitrogen and oxygen atoms in total. The minimum Gasteiger partial charge on any atom is -0.378 e. The van der Waals surface area contributed by atoms with Gasteiger partial charge in [-0.05, 0) is 53.4 Å². The topological polar surface area (TPSA) is 33.2 Å². The molecule has 0 fully saturated rings. The molecule has 3 aromatic rings. The molecule has 0 atom stereocenters. The van der Waals surface area contributed by atoms with Crippen molar-refractivity contribution in [1.29, 1.82) is 0 Å². The van der Waals surface area contributed by atoms with Gasteiger partial charge in [-0.2, -0.15) is 0 Å². The van der Waals surface area contributed by atoms with Gasteiger partial charge >= 0.3 is 0 Å². The van der Waals surface area contributed by atoms with Crippen molar-refractivity contribution >= 4 is 28.3 Å². The first-order chi connectivity index (χ1) is 11.1. The maximum atomic E-state index is 12.3. The van der Waals surface area contributed by atoms with E-state index in [4.69, 9.17) is 0 Å². The van der Waals surface area contributed by atoms with Crippen LogP contribution in [0.2, 0.25) is 0 Å². The highest BCUT2D eigenvalue weighted by molar-refractivity contribution is 6.07. The summed E-state index contributed by atoms with van der Waals surface area (Å²) in [7, 11) is 3.96. The molecule has 0 aliphatic carbocycles. The van der Waals surface area contributed by atoms with Gasteiger partial charge < -0.3 is 4.90 Å². The van der Waals surface area contributed by atoms with Gasteiger partial charge in [-0.25, -0.2) is 0 Å². The zero-order valence-electron chi connectivity index (χ0n) is 13.2. The minimum atomic E-state index is 0.00475. The van der Waals surface area contributed by atoms with Gasteiger partial charge in [-0.15, -0.1) is 0 Å². The molecule has 0 aliphatic rings. The fourth-order valence-corrected chi connectivity index (χ4v) is 2.40. The summed E-state index contributed by atoms with van der Waals surface area (Å²) >= 11 is 0. The van der Waals surface area contributed by atoms with Gasteiger partial charge in [0.05, 0.1) is 0 Å². The second-order valence-electron chi connectivity index (χ2n) is 5.62. The number of ketones is 1. The third kappa shape index (κ3) is 3.46. The van der Waals surface area contributed by atoms with Gasteiger partial charge in [-0.3, -0.25) is 9.78 Å². The van der Waals surface area contributed by atoms with Crippen LogP contribution in [0.25, 0.3) is 16.8 Å². The van der Waals surface area contributed by atoms with Crippen LogP contribution in [0.3, 0.4) is 0 Å². The number of hydrogen-bond acceptors (Lipinski definition) is 3. The van der Waals surface area contributed by atoms with E-state index in [9.17, 15) is 4.79 Å². The molecule has 0 bridgehead atoms. The lowest BCUT2D eigenvalue weighted by molar-refractivity contribution is 0.104. The minimum absolute atomic E-state index is 0.00475. The molecular weight excluding hydrogens is 284 g/mol. The largest absolute Gasteiger partial charge is 0.378 e. The zero-order valence-corrected chi connectivity index (χ0v) is 13.2. The molecule has 23 heavy (non-hydrogen) atoms. The number of allylic oxidation sites excluding steroid dienone is 1. The molecule has 0 amide bonds. The second kappa shape index (κ2) is 6.44. The van der Waals surface area contributed by atoms with Gasteiger partial charge in [-0.1, -0.05) is 18.2 Å². The number of aromatic nitrogens is 1. The Hall–Kier alpha value is -2.94. The van der Waals surface area contributed by atoms with Crippen LogP contribution in [0.1, 0.15) is 15.9 Å². The summed E-state index contributed by atoms with van der Waals surface area (Å²) in [6.45, 7) is 0. The van der Waals surface area contributed by atoms with Crippen molar-refractivity contribution in [3.8, 4) is 0 Å². The normalized spacial score (nSPS) is 11.0. The Bertz CT molecular complexity index is 864. The molecule has 0 saturated carbocycles. The predicted molar refractivity (Wildman–Crippen MR) is 95.9 cm³/mol. The van der Waals surface area contributed by atoms with Gasteiger partial charge in [0.25, 0.3) is 0 Å². The highest BCUT2D eigenvalue weighted by Gasteiger charge is 2.02. The van der Waals surface area contributed by atoms with Crippen molar-refractivity contribution in [3.05, 3.63) is 78.1 Å². The molecule has 0 N–H and O–H groups in total. The highest BCUT2D eigenvalue weighted by Crippen LogP contribution is 2.16. The number of carbonyl (C=O) groups excluding carboxylic acids is 1. The van der Waals surface area contributed by atoms with Crippen LogP contribution in [0, 0.1) is 0 Å². The number of fused-ring (bicyclic) bond motifs is 1. The van der Waals surface area contributed by atoms with Gasteiger partial charge in [0, 0.05) is 43.1 Å². The van der Waals surface area contributed by atoms with Crippen molar-refractivity contribution in [2.45, 2.75) is 0 Å². The molecule has 2 aromatic carbocycles. The first-order valence-corrected chi connectivity index (χ1v) is 7.47. The summed E-state index contributed by atoms with van der Waals surface area (Å²) in [4.78, 5) is 18.4. The van der Waals surface area contributed by atoms with Crippen LogP contribution < -0.4 is 4.90 Å².